The molecule has 0 aliphatic heterocycles. The fourth-order valence-electron chi connectivity index (χ4n) is 2.16. The first-order chi connectivity index (χ1) is 8.96. The lowest BCUT2D eigenvalue weighted by Gasteiger charge is -2.25. The average molecular weight is 330 g/mol. The molecule has 0 heterocycles. The lowest BCUT2D eigenvalue weighted by atomic mass is 9.87. The Kier molecular flexibility index (Phi) is 7.01. The van der Waals surface area contributed by atoms with Gasteiger partial charge in [-0.2, -0.15) is 0 Å². The SMILES string of the molecule is CCCCCC(C)(C)CNCc1cccc(F)c1Br. The summed E-state index contributed by atoms with van der Waals surface area (Å²) < 4.78 is 13.9. The van der Waals surface area contributed by atoms with Crippen LogP contribution in [0.4, 0.5) is 4.39 Å². The fourth-order valence-corrected chi connectivity index (χ4v) is 2.57. The number of benzene rings is 1. The van der Waals surface area contributed by atoms with E-state index in [1.165, 1.54) is 31.7 Å². The molecule has 0 aliphatic carbocycles. The van der Waals surface area contributed by atoms with Crippen molar-refractivity contribution in [3.63, 3.8) is 0 Å². The molecule has 1 aromatic carbocycles. The van der Waals surface area contributed by atoms with E-state index in [1.54, 1.807) is 6.07 Å². The summed E-state index contributed by atoms with van der Waals surface area (Å²) in [5.41, 5.74) is 1.28. The smallest absolute Gasteiger partial charge is 0.137 e. The molecule has 0 unspecified atom stereocenters. The number of unbranched alkanes of at least 4 members (excludes halogenated alkanes) is 2. The molecule has 0 amide bonds. The maximum atomic E-state index is 13.4. The first-order valence-electron chi connectivity index (χ1n) is 7.10. The van der Waals surface area contributed by atoms with Crippen molar-refractivity contribution in [1.82, 2.24) is 5.32 Å². The van der Waals surface area contributed by atoms with Gasteiger partial charge < -0.3 is 5.32 Å². The van der Waals surface area contributed by atoms with Gasteiger partial charge in [0.25, 0.3) is 0 Å². The monoisotopic (exact) mass is 329 g/mol. The van der Waals surface area contributed by atoms with E-state index >= 15 is 0 Å². The summed E-state index contributed by atoms with van der Waals surface area (Å²) in [4.78, 5) is 0. The summed E-state index contributed by atoms with van der Waals surface area (Å²) in [7, 11) is 0. The fraction of sp³-hybridized carbons (Fsp3) is 0.625. The van der Waals surface area contributed by atoms with Crippen LogP contribution in [0, 0.1) is 11.2 Å². The molecular weight excluding hydrogens is 305 g/mol. The maximum absolute atomic E-state index is 13.4. The number of hydrogen-bond acceptors (Lipinski definition) is 1. The van der Waals surface area contributed by atoms with Crippen molar-refractivity contribution in [2.75, 3.05) is 6.54 Å². The van der Waals surface area contributed by atoms with Crippen LogP contribution in [0.1, 0.15) is 52.0 Å². The lowest BCUT2D eigenvalue weighted by molar-refractivity contribution is 0.302. The van der Waals surface area contributed by atoms with Crippen LogP contribution < -0.4 is 5.32 Å². The molecule has 0 atom stereocenters. The van der Waals surface area contributed by atoms with Gasteiger partial charge in [0.2, 0.25) is 0 Å². The Hall–Kier alpha value is -0.410. The number of hydrogen-bond donors (Lipinski definition) is 1. The Morgan fingerprint density at radius 1 is 1.26 bits per heavy atom. The highest BCUT2D eigenvalue weighted by atomic mass is 79.9. The average Bonchev–Trinajstić information content (AvgIpc) is 2.34. The van der Waals surface area contributed by atoms with Gasteiger partial charge in [-0.3, -0.25) is 0 Å². The number of halogens is 2. The first-order valence-corrected chi connectivity index (χ1v) is 7.89. The van der Waals surface area contributed by atoms with Gasteiger partial charge in [0, 0.05) is 13.1 Å². The zero-order chi connectivity index (χ0) is 14.3. The van der Waals surface area contributed by atoms with Gasteiger partial charge in [0.1, 0.15) is 5.82 Å². The molecule has 1 N–H and O–H groups in total. The van der Waals surface area contributed by atoms with Crippen molar-refractivity contribution in [3.05, 3.63) is 34.1 Å². The molecule has 1 nitrogen and oxygen atoms in total. The van der Waals surface area contributed by atoms with E-state index in [4.69, 9.17) is 0 Å². The lowest BCUT2D eigenvalue weighted by Crippen LogP contribution is -2.29. The second kappa shape index (κ2) is 8.01. The second-order valence-electron chi connectivity index (χ2n) is 5.94. The minimum absolute atomic E-state index is 0.193. The molecule has 1 rings (SSSR count). The first kappa shape index (κ1) is 16.6. The molecule has 0 spiro atoms. The molecule has 0 saturated carbocycles. The Morgan fingerprint density at radius 3 is 2.68 bits per heavy atom. The van der Waals surface area contributed by atoms with E-state index in [2.05, 4.69) is 42.0 Å². The standard InChI is InChI=1S/C16H25BrFN/c1-4-5-6-10-16(2,3)12-19-11-13-8-7-9-14(18)15(13)17/h7-9,19H,4-6,10-12H2,1-3H3. The van der Waals surface area contributed by atoms with E-state index in [0.717, 1.165) is 12.1 Å². The summed E-state index contributed by atoms with van der Waals surface area (Å²) in [5, 5.41) is 3.44. The van der Waals surface area contributed by atoms with Crippen LogP contribution in [0.3, 0.4) is 0 Å². The van der Waals surface area contributed by atoms with E-state index in [9.17, 15) is 4.39 Å². The molecule has 0 radical (unpaired) electrons. The van der Waals surface area contributed by atoms with Gasteiger partial charge >= 0.3 is 0 Å². The van der Waals surface area contributed by atoms with E-state index in [-0.39, 0.29) is 5.82 Å². The van der Waals surface area contributed by atoms with Crippen molar-refractivity contribution >= 4 is 15.9 Å². The van der Waals surface area contributed by atoms with Crippen LogP contribution >= 0.6 is 15.9 Å². The third kappa shape index (κ3) is 6.05. The van der Waals surface area contributed by atoms with Crippen molar-refractivity contribution in [3.8, 4) is 0 Å². The molecule has 3 heteroatoms. The maximum Gasteiger partial charge on any atom is 0.137 e. The highest BCUT2D eigenvalue weighted by Crippen LogP contribution is 2.24. The Bertz CT molecular complexity index is 390. The van der Waals surface area contributed by atoms with Crippen LogP contribution in [0.5, 0.6) is 0 Å². The Morgan fingerprint density at radius 2 is 2.00 bits per heavy atom. The summed E-state index contributed by atoms with van der Waals surface area (Å²) in [6.07, 6.45) is 5.09. The van der Waals surface area contributed by atoms with Crippen molar-refractivity contribution < 1.29 is 4.39 Å². The van der Waals surface area contributed by atoms with Crippen LogP contribution in [-0.4, -0.2) is 6.54 Å². The van der Waals surface area contributed by atoms with Crippen LogP contribution in [0.25, 0.3) is 0 Å². The van der Waals surface area contributed by atoms with Gasteiger partial charge in [-0.15, -0.1) is 0 Å². The normalized spacial score (nSPS) is 11.8. The van der Waals surface area contributed by atoms with Crippen molar-refractivity contribution in [1.29, 1.82) is 0 Å². The van der Waals surface area contributed by atoms with E-state index in [1.807, 2.05) is 6.07 Å². The molecule has 0 saturated heterocycles. The third-order valence-electron chi connectivity index (χ3n) is 3.41. The number of nitrogens with one attached hydrogen (secondary N) is 1. The minimum atomic E-state index is -0.193. The van der Waals surface area contributed by atoms with Crippen molar-refractivity contribution in [2.45, 2.75) is 53.0 Å². The van der Waals surface area contributed by atoms with E-state index < -0.39 is 0 Å². The highest BCUT2D eigenvalue weighted by molar-refractivity contribution is 9.10. The molecule has 108 valence electrons. The predicted octanol–water partition coefficient (Wildman–Crippen LogP) is 5.28. The summed E-state index contributed by atoms with van der Waals surface area (Å²) >= 11 is 3.30. The predicted molar refractivity (Wildman–Crippen MR) is 83.7 cm³/mol. The highest BCUT2D eigenvalue weighted by Gasteiger charge is 2.16. The molecule has 0 bridgehead atoms. The van der Waals surface area contributed by atoms with Gasteiger partial charge in [0.05, 0.1) is 4.47 Å². The largest absolute Gasteiger partial charge is 0.312 e. The summed E-state index contributed by atoms with van der Waals surface area (Å²) in [6.45, 7) is 8.47. The zero-order valence-electron chi connectivity index (χ0n) is 12.2. The molecule has 0 aliphatic rings. The molecule has 0 aromatic heterocycles. The Balaban J connectivity index is 2.38. The van der Waals surface area contributed by atoms with Gasteiger partial charge in [-0.05, 0) is 39.4 Å². The van der Waals surface area contributed by atoms with Crippen LogP contribution in [-0.2, 0) is 6.54 Å². The molecule has 19 heavy (non-hydrogen) atoms. The van der Waals surface area contributed by atoms with Crippen LogP contribution in [0.2, 0.25) is 0 Å². The van der Waals surface area contributed by atoms with Crippen molar-refractivity contribution in [2.24, 2.45) is 5.41 Å². The van der Waals surface area contributed by atoms with Gasteiger partial charge in [-0.1, -0.05) is 52.2 Å². The second-order valence-corrected chi connectivity index (χ2v) is 6.73. The van der Waals surface area contributed by atoms with Gasteiger partial charge in [0.15, 0.2) is 0 Å². The quantitative estimate of drug-likeness (QED) is 0.639. The molecular formula is C16H25BrFN. The molecule has 0 fully saturated rings. The van der Waals surface area contributed by atoms with E-state index in [0.29, 0.717) is 16.4 Å². The third-order valence-corrected chi connectivity index (χ3v) is 4.30. The Labute approximate surface area is 125 Å². The zero-order valence-corrected chi connectivity index (χ0v) is 13.8. The van der Waals surface area contributed by atoms with Gasteiger partial charge in [-0.25, -0.2) is 4.39 Å². The summed E-state index contributed by atoms with van der Waals surface area (Å²) in [5.74, 6) is -0.193. The number of rotatable bonds is 8. The summed E-state index contributed by atoms with van der Waals surface area (Å²) in [6, 6.07) is 5.18. The topological polar surface area (TPSA) is 12.0 Å². The minimum Gasteiger partial charge on any atom is -0.312 e. The molecule has 1 aromatic rings. The van der Waals surface area contributed by atoms with Crippen LogP contribution in [0.15, 0.2) is 22.7 Å².